The van der Waals surface area contributed by atoms with Gasteiger partial charge in [0, 0.05) is 17.1 Å². The molecule has 78 valence electrons. The second-order valence-corrected chi connectivity index (χ2v) is 2.69. The second kappa shape index (κ2) is 13.2. The van der Waals surface area contributed by atoms with E-state index in [0.717, 1.165) is 0 Å². The molecule has 0 aromatic rings. The van der Waals surface area contributed by atoms with E-state index in [1.165, 1.54) is 0 Å². The van der Waals surface area contributed by atoms with Crippen molar-refractivity contribution in [2.45, 2.75) is 0 Å². The summed E-state index contributed by atoms with van der Waals surface area (Å²) in [6.45, 7) is 0. The zero-order chi connectivity index (χ0) is 9.00. The molecule has 4 N–H and O–H groups in total. The minimum Gasteiger partial charge on any atom is -1.00 e. The fourth-order valence-corrected chi connectivity index (χ4v) is 0. The smallest absolute Gasteiger partial charge is 1.00 e. The molecule has 0 atom stereocenters. The molecule has 0 radical (unpaired) electrons. The van der Waals surface area contributed by atoms with Gasteiger partial charge in [0.2, 0.25) is 0 Å². The molecule has 0 rings (SSSR count). The van der Waals surface area contributed by atoms with Crippen LogP contribution in [-0.4, -0.2) is 72.8 Å². The van der Waals surface area contributed by atoms with E-state index in [1.807, 2.05) is 0 Å². The summed E-state index contributed by atoms with van der Waals surface area (Å²) in [7, 11) is -9.33. The summed E-state index contributed by atoms with van der Waals surface area (Å²) in [6, 6.07) is 0. The number of hydrogen-bond donors (Lipinski definition) is 4. The van der Waals surface area contributed by atoms with Crippen LogP contribution in [0.3, 0.4) is 0 Å². The van der Waals surface area contributed by atoms with Crippen LogP contribution in [0, 0.1) is 0 Å². The quantitative estimate of drug-likeness (QED) is 0.256. The number of hydrogen-bond acceptors (Lipinski definition) is 4. The SMILES string of the molecule is O=S(=O)(O)O.O=S(=O)(O)O.[Ca+2].[Fe].[H-].[H-].[H-].[K+]. The van der Waals surface area contributed by atoms with Crippen molar-refractivity contribution in [2.24, 2.45) is 0 Å². The first kappa shape index (κ1) is 29.8. The van der Waals surface area contributed by atoms with Gasteiger partial charge in [-0.15, -0.1) is 0 Å². The molecule has 0 aliphatic heterocycles. The molecule has 13 heteroatoms. The van der Waals surface area contributed by atoms with Crippen molar-refractivity contribution >= 4 is 58.5 Å². The molecule has 0 saturated carbocycles. The third-order valence-electron chi connectivity index (χ3n) is 0. The van der Waals surface area contributed by atoms with Crippen LogP contribution in [0.1, 0.15) is 4.28 Å². The van der Waals surface area contributed by atoms with Crippen LogP contribution in [0.2, 0.25) is 0 Å². The van der Waals surface area contributed by atoms with Gasteiger partial charge in [-0.1, -0.05) is 0 Å². The Hall–Kier alpha value is 3.16. The van der Waals surface area contributed by atoms with Gasteiger partial charge in [-0.2, -0.15) is 16.8 Å². The van der Waals surface area contributed by atoms with E-state index in [1.54, 1.807) is 0 Å². The fraction of sp³-hybridized carbons (Fsp3) is 0. The molecule has 0 aromatic carbocycles. The van der Waals surface area contributed by atoms with Crippen LogP contribution >= 0.6 is 0 Å². The molecule has 13 heavy (non-hydrogen) atoms. The number of rotatable bonds is 0. The Balaban J connectivity index is -0.00000000970. The van der Waals surface area contributed by atoms with Gasteiger partial charge in [0.05, 0.1) is 0 Å². The van der Waals surface area contributed by atoms with Gasteiger partial charge >= 0.3 is 110 Å². The van der Waals surface area contributed by atoms with Gasteiger partial charge < -0.3 is 4.28 Å². The molecular formula is H7CaFeKO8S2. The van der Waals surface area contributed by atoms with Crippen LogP contribution in [0.15, 0.2) is 0 Å². The summed E-state index contributed by atoms with van der Waals surface area (Å²) in [5.74, 6) is 0. The first-order valence-electron chi connectivity index (χ1n) is 1.40. The predicted octanol–water partition coefficient (Wildman–Crippen LogP) is -4.35. The maximum Gasteiger partial charge on any atom is 2.00 e. The molecule has 0 aliphatic carbocycles. The van der Waals surface area contributed by atoms with Crippen molar-refractivity contribution in [3.63, 3.8) is 0 Å². The van der Waals surface area contributed by atoms with E-state index >= 15 is 0 Å². The topological polar surface area (TPSA) is 149 Å². The zero-order valence-corrected chi connectivity index (χ0v) is 14.4. The van der Waals surface area contributed by atoms with Crippen LogP contribution < -0.4 is 51.4 Å². The van der Waals surface area contributed by atoms with Gasteiger partial charge in [0.25, 0.3) is 0 Å². The van der Waals surface area contributed by atoms with Crippen LogP contribution in [0.5, 0.6) is 0 Å². The average Bonchev–Trinajstić information content (AvgIpc) is 1.12. The maximum atomic E-state index is 8.74. The van der Waals surface area contributed by atoms with E-state index in [2.05, 4.69) is 0 Å². The molecular weight excluding hydrogens is 327 g/mol. The third kappa shape index (κ3) is 263. The second-order valence-electron chi connectivity index (χ2n) is 0.896. The maximum absolute atomic E-state index is 8.74. The first-order chi connectivity index (χ1) is 4.00. The molecule has 0 unspecified atom stereocenters. The molecule has 0 saturated heterocycles. The van der Waals surface area contributed by atoms with Crippen molar-refractivity contribution in [3.05, 3.63) is 0 Å². The van der Waals surface area contributed by atoms with Crippen LogP contribution in [0.4, 0.5) is 0 Å². The van der Waals surface area contributed by atoms with Gasteiger partial charge in [-0.25, -0.2) is 0 Å². The van der Waals surface area contributed by atoms with E-state index in [-0.39, 0.29) is 110 Å². The minimum atomic E-state index is -4.67. The standard InChI is InChI=1S/Ca.Fe.K.2H2O4S.3H/c;;;2*1-5(2,3)4;;;/h;;;2*(H2,1,2,3,4);;;/q+2;;+1;;;3*-1. The largest absolute Gasteiger partial charge is 2.00 e. The average molecular weight is 334 g/mol. The van der Waals surface area contributed by atoms with Crippen molar-refractivity contribution in [1.82, 2.24) is 0 Å². The Morgan fingerprint density at radius 1 is 0.769 bits per heavy atom. The van der Waals surface area contributed by atoms with E-state index < -0.39 is 20.8 Å². The van der Waals surface area contributed by atoms with E-state index in [9.17, 15) is 0 Å². The zero-order valence-electron chi connectivity index (χ0n) is 9.30. The monoisotopic (exact) mass is 334 g/mol. The molecule has 0 aromatic heterocycles. The molecule has 0 fully saturated rings. The summed E-state index contributed by atoms with van der Waals surface area (Å²) in [5, 5.41) is 0. The molecule has 8 nitrogen and oxygen atoms in total. The van der Waals surface area contributed by atoms with Crippen molar-refractivity contribution in [1.29, 1.82) is 0 Å². The summed E-state index contributed by atoms with van der Waals surface area (Å²) < 4.78 is 63.2. The van der Waals surface area contributed by atoms with Crippen molar-refractivity contribution in [2.75, 3.05) is 0 Å². The summed E-state index contributed by atoms with van der Waals surface area (Å²) in [6.07, 6.45) is 0. The fourth-order valence-electron chi connectivity index (χ4n) is 0. The summed E-state index contributed by atoms with van der Waals surface area (Å²) in [4.78, 5) is 0. The van der Waals surface area contributed by atoms with Gasteiger partial charge in [-0.05, 0) is 0 Å². The van der Waals surface area contributed by atoms with Gasteiger partial charge in [0.15, 0.2) is 0 Å². The van der Waals surface area contributed by atoms with Crippen molar-refractivity contribution in [3.8, 4) is 0 Å². The summed E-state index contributed by atoms with van der Waals surface area (Å²) >= 11 is 0. The van der Waals surface area contributed by atoms with E-state index in [4.69, 9.17) is 35.0 Å². The Morgan fingerprint density at radius 3 is 0.769 bits per heavy atom. The molecule has 0 aliphatic rings. The normalized spacial score (nSPS) is 8.92. The van der Waals surface area contributed by atoms with Crippen LogP contribution in [0.25, 0.3) is 0 Å². The third-order valence-corrected chi connectivity index (χ3v) is 0. The Morgan fingerprint density at radius 2 is 0.769 bits per heavy atom. The van der Waals surface area contributed by atoms with Gasteiger partial charge in [0.1, 0.15) is 0 Å². The molecule has 0 spiro atoms. The molecule has 0 heterocycles. The minimum absolute atomic E-state index is 0. The molecule has 0 amide bonds. The Labute approximate surface area is 163 Å². The summed E-state index contributed by atoms with van der Waals surface area (Å²) in [5.41, 5.74) is 0. The van der Waals surface area contributed by atoms with Crippen molar-refractivity contribution < 1.29 is 108 Å². The molecule has 0 bridgehead atoms. The predicted molar refractivity (Wildman–Crippen MR) is 37.4 cm³/mol. The Kier molecular flexibility index (Phi) is 30.3. The first-order valence-corrected chi connectivity index (χ1v) is 4.19. The Bertz CT molecular complexity index is 230. The van der Waals surface area contributed by atoms with E-state index in [0.29, 0.717) is 0 Å². The van der Waals surface area contributed by atoms with Gasteiger partial charge in [-0.3, -0.25) is 18.2 Å². The van der Waals surface area contributed by atoms with Crippen LogP contribution in [-0.2, 0) is 37.9 Å².